The molecule has 3 rings (SSSR count). The van der Waals surface area contributed by atoms with Crippen molar-refractivity contribution in [1.82, 2.24) is 14.9 Å². The van der Waals surface area contributed by atoms with Gasteiger partial charge in [0.05, 0.1) is 23.6 Å². The third-order valence-corrected chi connectivity index (χ3v) is 4.98. The Labute approximate surface area is 157 Å². The van der Waals surface area contributed by atoms with E-state index in [1.165, 1.54) is 0 Å². The summed E-state index contributed by atoms with van der Waals surface area (Å²) in [6.45, 7) is 6.06. The predicted octanol–water partition coefficient (Wildman–Crippen LogP) is 3.01. The van der Waals surface area contributed by atoms with E-state index in [0.717, 1.165) is 25.9 Å². The molecule has 1 aliphatic rings. The van der Waals surface area contributed by atoms with E-state index in [1.807, 2.05) is 0 Å². The van der Waals surface area contributed by atoms with E-state index < -0.39 is 0 Å². The fourth-order valence-corrected chi connectivity index (χ4v) is 3.40. The monoisotopic (exact) mass is 375 g/mol. The average Bonchev–Trinajstić information content (AvgIpc) is 3.11. The molecule has 0 bridgehead atoms. The van der Waals surface area contributed by atoms with E-state index in [0.29, 0.717) is 40.2 Å². The van der Waals surface area contributed by atoms with Gasteiger partial charge >= 0.3 is 0 Å². The molecule has 140 valence electrons. The van der Waals surface area contributed by atoms with Crippen LogP contribution in [-0.4, -0.2) is 34.7 Å². The fourth-order valence-electron chi connectivity index (χ4n) is 3.13. The minimum absolute atomic E-state index is 0.0336. The summed E-state index contributed by atoms with van der Waals surface area (Å²) in [5.41, 5.74) is 0.953. The molecule has 1 unspecified atom stereocenters. The summed E-state index contributed by atoms with van der Waals surface area (Å²) in [6.07, 6.45) is 2.91. The number of nitrogens with zero attached hydrogens (tertiary/aromatic N) is 1. The fraction of sp³-hybridized carbons (Fsp3) is 0.526. The van der Waals surface area contributed by atoms with Crippen LogP contribution in [0, 0.1) is 10.7 Å². The number of benzene rings is 1. The number of hydrogen-bond acceptors (Lipinski definition) is 4. The SMILES string of the molecule is CC(C)CCNC(=O)c1ccc2c(=O)n(CC3CCCO3)c(=S)[nH]c2c1. The summed E-state index contributed by atoms with van der Waals surface area (Å²) in [4.78, 5) is 28.2. The molecule has 2 N–H and O–H groups in total. The summed E-state index contributed by atoms with van der Waals surface area (Å²) in [5, 5.41) is 3.43. The molecule has 1 atom stereocenters. The Balaban J connectivity index is 1.85. The van der Waals surface area contributed by atoms with Crippen LogP contribution >= 0.6 is 12.2 Å². The standard InChI is InChI=1S/C19H25N3O3S/c1-12(2)7-8-20-17(23)13-5-6-15-16(10-13)21-19(26)22(18(15)24)11-14-4-3-9-25-14/h5-6,10,12,14H,3-4,7-9,11H2,1-2H3,(H,20,23)(H,21,26). The molecule has 1 aromatic carbocycles. The number of ether oxygens (including phenoxy) is 1. The number of rotatable bonds is 6. The Hall–Kier alpha value is -1.99. The van der Waals surface area contributed by atoms with Gasteiger partial charge in [0.1, 0.15) is 0 Å². The number of aromatic amines is 1. The van der Waals surface area contributed by atoms with Crippen molar-refractivity contribution in [3.8, 4) is 0 Å². The van der Waals surface area contributed by atoms with Crippen molar-refractivity contribution in [2.75, 3.05) is 13.2 Å². The van der Waals surface area contributed by atoms with E-state index in [1.54, 1.807) is 22.8 Å². The summed E-state index contributed by atoms with van der Waals surface area (Å²) in [5.74, 6) is 0.390. The maximum absolute atomic E-state index is 12.8. The largest absolute Gasteiger partial charge is 0.376 e. The lowest BCUT2D eigenvalue weighted by Crippen LogP contribution is -2.28. The summed E-state index contributed by atoms with van der Waals surface area (Å²) in [7, 11) is 0. The van der Waals surface area contributed by atoms with Gasteiger partial charge in [-0.2, -0.15) is 0 Å². The molecule has 1 aliphatic heterocycles. The van der Waals surface area contributed by atoms with Gasteiger partial charge in [-0.05, 0) is 55.6 Å². The highest BCUT2D eigenvalue weighted by molar-refractivity contribution is 7.71. The van der Waals surface area contributed by atoms with Crippen LogP contribution in [-0.2, 0) is 11.3 Å². The van der Waals surface area contributed by atoms with Crippen LogP contribution in [0.1, 0.15) is 43.5 Å². The van der Waals surface area contributed by atoms with Crippen LogP contribution < -0.4 is 10.9 Å². The number of hydrogen-bond donors (Lipinski definition) is 2. The summed E-state index contributed by atoms with van der Waals surface area (Å²) >= 11 is 5.36. The van der Waals surface area contributed by atoms with Crippen LogP contribution in [0.4, 0.5) is 0 Å². The Morgan fingerprint density at radius 3 is 2.96 bits per heavy atom. The van der Waals surface area contributed by atoms with Crippen molar-refractivity contribution >= 4 is 29.0 Å². The van der Waals surface area contributed by atoms with Gasteiger partial charge in [0.2, 0.25) is 0 Å². The van der Waals surface area contributed by atoms with E-state index >= 15 is 0 Å². The molecular weight excluding hydrogens is 350 g/mol. The van der Waals surface area contributed by atoms with Gasteiger partial charge in [-0.3, -0.25) is 14.2 Å². The van der Waals surface area contributed by atoms with Crippen LogP contribution in [0.3, 0.4) is 0 Å². The Bertz CT molecular complexity index is 910. The molecule has 0 aliphatic carbocycles. The van der Waals surface area contributed by atoms with E-state index in [4.69, 9.17) is 17.0 Å². The first-order valence-electron chi connectivity index (χ1n) is 9.12. The molecule has 6 nitrogen and oxygen atoms in total. The lowest BCUT2D eigenvalue weighted by atomic mass is 10.1. The Morgan fingerprint density at radius 1 is 1.46 bits per heavy atom. The summed E-state index contributed by atoms with van der Waals surface area (Å²) < 4.78 is 7.52. The van der Waals surface area contributed by atoms with Gasteiger partial charge in [-0.1, -0.05) is 13.8 Å². The first kappa shape index (κ1) is 18.8. The third-order valence-electron chi connectivity index (χ3n) is 4.66. The second-order valence-electron chi connectivity index (χ2n) is 7.18. The zero-order chi connectivity index (χ0) is 18.7. The van der Waals surface area contributed by atoms with Crippen molar-refractivity contribution in [2.45, 2.75) is 45.8 Å². The summed E-state index contributed by atoms with van der Waals surface area (Å²) in [6, 6.07) is 5.06. The van der Waals surface area contributed by atoms with Gasteiger partial charge in [-0.25, -0.2) is 0 Å². The van der Waals surface area contributed by atoms with E-state index in [9.17, 15) is 9.59 Å². The van der Waals surface area contributed by atoms with Gasteiger partial charge in [0.25, 0.3) is 11.5 Å². The second kappa shape index (κ2) is 8.14. The van der Waals surface area contributed by atoms with Crippen molar-refractivity contribution in [1.29, 1.82) is 0 Å². The maximum Gasteiger partial charge on any atom is 0.262 e. The Kier molecular flexibility index (Phi) is 5.88. The van der Waals surface area contributed by atoms with Crippen LogP contribution in [0.15, 0.2) is 23.0 Å². The van der Waals surface area contributed by atoms with Crippen molar-refractivity contribution < 1.29 is 9.53 Å². The normalized spacial score (nSPS) is 17.1. The number of nitrogens with one attached hydrogen (secondary N) is 2. The molecule has 7 heteroatoms. The highest BCUT2D eigenvalue weighted by Gasteiger charge is 2.18. The number of H-pyrrole nitrogens is 1. The minimum Gasteiger partial charge on any atom is -0.376 e. The molecule has 2 aromatic rings. The quantitative estimate of drug-likeness (QED) is 0.761. The number of aromatic nitrogens is 2. The smallest absolute Gasteiger partial charge is 0.262 e. The molecule has 0 saturated carbocycles. The Morgan fingerprint density at radius 2 is 2.27 bits per heavy atom. The van der Waals surface area contributed by atoms with Gasteiger partial charge in [0.15, 0.2) is 4.77 Å². The molecule has 1 aromatic heterocycles. The molecular formula is C19H25N3O3S. The first-order valence-corrected chi connectivity index (χ1v) is 9.53. The third kappa shape index (κ3) is 4.22. The number of fused-ring (bicyclic) bond motifs is 1. The van der Waals surface area contributed by atoms with Gasteiger partial charge in [0, 0.05) is 18.7 Å². The van der Waals surface area contributed by atoms with E-state index in [-0.39, 0.29) is 17.6 Å². The van der Waals surface area contributed by atoms with Crippen LogP contribution in [0.25, 0.3) is 10.9 Å². The molecule has 0 radical (unpaired) electrons. The lowest BCUT2D eigenvalue weighted by molar-refractivity contribution is 0.0951. The molecule has 0 spiro atoms. The molecule has 1 saturated heterocycles. The predicted molar refractivity (Wildman–Crippen MR) is 104 cm³/mol. The molecule has 1 fully saturated rings. The highest BCUT2D eigenvalue weighted by atomic mass is 32.1. The van der Waals surface area contributed by atoms with Crippen molar-refractivity contribution in [2.24, 2.45) is 5.92 Å². The molecule has 26 heavy (non-hydrogen) atoms. The zero-order valence-corrected chi connectivity index (χ0v) is 16.0. The van der Waals surface area contributed by atoms with Gasteiger partial charge in [-0.15, -0.1) is 0 Å². The number of amides is 1. The van der Waals surface area contributed by atoms with Crippen LogP contribution in [0.5, 0.6) is 0 Å². The van der Waals surface area contributed by atoms with E-state index in [2.05, 4.69) is 24.1 Å². The second-order valence-corrected chi connectivity index (χ2v) is 7.57. The highest BCUT2D eigenvalue weighted by Crippen LogP contribution is 2.15. The lowest BCUT2D eigenvalue weighted by Gasteiger charge is -2.13. The first-order chi connectivity index (χ1) is 12.5. The number of carbonyl (C=O) groups excluding carboxylic acids is 1. The van der Waals surface area contributed by atoms with Crippen molar-refractivity contribution in [3.05, 3.63) is 38.9 Å². The topological polar surface area (TPSA) is 76.1 Å². The minimum atomic E-state index is -0.147. The van der Waals surface area contributed by atoms with Crippen molar-refractivity contribution in [3.63, 3.8) is 0 Å². The zero-order valence-electron chi connectivity index (χ0n) is 15.2. The number of carbonyl (C=O) groups is 1. The van der Waals surface area contributed by atoms with Crippen LogP contribution in [0.2, 0.25) is 0 Å². The van der Waals surface area contributed by atoms with Gasteiger partial charge < -0.3 is 15.0 Å². The maximum atomic E-state index is 12.8. The molecule has 2 heterocycles. The molecule has 1 amide bonds. The average molecular weight is 375 g/mol.